The Hall–Kier alpha value is -1.49. The van der Waals surface area contributed by atoms with Crippen LogP contribution in [0.15, 0.2) is 18.5 Å². The number of nitrogens with zero attached hydrogens (tertiary/aromatic N) is 2. The average Bonchev–Trinajstić information content (AvgIpc) is 3.17. The van der Waals surface area contributed by atoms with Gasteiger partial charge in [0.05, 0.1) is 12.8 Å². The Labute approximate surface area is 105 Å². The van der Waals surface area contributed by atoms with E-state index >= 15 is 0 Å². The quantitative estimate of drug-likeness (QED) is 0.826. The smallest absolute Gasteiger partial charge is 0.223 e. The number of aromatic nitrogens is 1. The Morgan fingerprint density at radius 1 is 1.50 bits per heavy atom. The Morgan fingerprint density at radius 2 is 2.28 bits per heavy atom. The van der Waals surface area contributed by atoms with Gasteiger partial charge in [0, 0.05) is 25.2 Å². The summed E-state index contributed by atoms with van der Waals surface area (Å²) in [6.07, 6.45) is 5.58. The van der Waals surface area contributed by atoms with Crippen molar-refractivity contribution >= 4 is 5.91 Å². The number of carbonyl (C=O) groups is 1. The average molecular weight is 252 g/mol. The van der Waals surface area contributed by atoms with E-state index in [4.69, 9.17) is 5.11 Å². The Balaban J connectivity index is 1.86. The number of hydrogen-bond donors (Lipinski definition) is 1. The zero-order valence-electron chi connectivity index (χ0n) is 10.2. The fourth-order valence-electron chi connectivity index (χ4n) is 1.99. The molecule has 0 saturated heterocycles. The van der Waals surface area contributed by atoms with Gasteiger partial charge in [-0.15, -0.1) is 0 Å². The van der Waals surface area contributed by atoms with Crippen molar-refractivity contribution in [3.8, 4) is 0 Å². The van der Waals surface area contributed by atoms with Crippen molar-refractivity contribution in [1.82, 2.24) is 9.88 Å². The van der Waals surface area contributed by atoms with Crippen LogP contribution in [-0.2, 0) is 11.2 Å². The molecule has 5 heteroatoms. The number of amides is 1. The molecule has 1 heterocycles. The van der Waals surface area contributed by atoms with E-state index in [0.29, 0.717) is 25.4 Å². The van der Waals surface area contributed by atoms with E-state index in [1.807, 2.05) is 0 Å². The zero-order chi connectivity index (χ0) is 13.0. The predicted molar refractivity (Wildman–Crippen MR) is 64.3 cm³/mol. The molecule has 0 aromatic carbocycles. The van der Waals surface area contributed by atoms with Gasteiger partial charge in [-0.05, 0) is 30.9 Å². The van der Waals surface area contributed by atoms with Gasteiger partial charge in [-0.3, -0.25) is 9.78 Å². The molecule has 1 saturated carbocycles. The van der Waals surface area contributed by atoms with Gasteiger partial charge in [0.1, 0.15) is 5.82 Å². The summed E-state index contributed by atoms with van der Waals surface area (Å²) < 4.78 is 12.9. The van der Waals surface area contributed by atoms with Gasteiger partial charge in [-0.2, -0.15) is 0 Å². The summed E-state index contributed by atoms with van der Waals surface area (Å²) >= 11 is 0. The first-order valence-electron chi connectivity index (χ1n) is 6.20. The minimum Gasteiger partial charge on any atom is -0.395 e. The fourth-order valence-corrected chi connectivity index (χ4v) is 1.99. The molecule has 4 nitrogen and oxygen atoms in total. The number of aliphatic hydroxyl groups excluding tert-OH is 1. The second kappa shape index (κ2) is 5.91. The van der Waals surface area contributed by atoms with E-state index in [9.17, 15) is 9.18 Å². The molecule has 0 spiro atoms. The van der Waals surface area contributed by atoms with Gasteiger partial charge in [0.2, 0.25) is 5.91 Å². The van der Waals surface area contributed by atoms with Gasteiger partial charge in [-0.1, -0.05) is 0 Å². The molecule has 0 atom stereocenters. The van der Waals surface area contributed by atoms with Crippen LogP contribution < -0.4 is 0 Å². The molecule has 1 aliphatic carbocycles. The first-order valence-corrected chi connectivity index (χ1v) is 6.20. The lowest BCUT2D eigenvalue weighted by Crippen LogP contribution is -2.35. The lowest BCUT2D eigenvalue weighted by molar-refractivity contribution is -0.132. The topological polar surface area (TPSA) is 53.4 Å². The minimum absolute atomic E-state index is 0.0102. The summed E-state index contributed by atoms with van der Waals surface area (Å²) in [6, 6.07) is 1.70. The van der Waals surface area contributed by atoms with Crippen molar-refractivity contribution in [3.05, 3.63) is 29.8 Å². The standard InChI is InChI=1S/C13H17FN2O2/c14-11-7-10(8-15-9-11)1-4-13(18)16(5-6-17)12-2-3-12/h7-9,12,17H,1-6H2. The normalized spacial score (nSPS) is 14.6. The lowest BCUT2D eigenvalue weighted by Gasteiger charge is -2.21. The first kappa shape index (κ1) is 13.0. The molecule has 0 bridgehead atoms. The van der Waals surface area contributed by atoms with E-state index in [1.54, 1.807) is 11.1 Å². The number of rotatable bonds is 6. The summed E-state index contributed by atoms with van der Waals surface area (Å²) in [5, 5.41) is 8.93. The molecule has 1 aromatic rings. The van der Waals surface area contributed by atoms with Gasteiger partial charge in [-0.25, -0.2) is 4.39 Å². The molecule has 1 fully saturated rings. The highest BCUT2D eigenvalue weighted by molar-refractivity contribution is 5.77. The van der Waals surface area contributed by atoms with Crippen LogP contribution in [0.3, 0.4) is 0 Å². The van der Waals surface area contributed by atoms with Crippen LogP contribution in [-0.4, -0.2) is 40.1 Å². The van der Waals surface area contributed by atoms with Crippen molar-refractivity contribution in [2.24, 2.45) is 0 Å². The van der Waals surface area contributed by atoms with Crippen LogP contribution >= 0.6 is 0 Å². The zero-order valence-corrected chi connectivity index (χ0v) is 10.2. The van der Waals surface area contributed by atoms with Gasteiger partial charge in [0.25, 0.3) is 0 Å². The van der Waals surface area contributed by atoms with Crippen molar-refractivity contribution in [3.63, 3.8) is 0 Å². The summed E-state index contributed by atoms with van der Waals surface area (Å²) in [4.78, 5) is 17.5. The molecule has 0 unspecified atom stereocenters. The number of hydrogen-bond acceptors (Lipinski definition) is 3. The molecule has 1 N–H and O–H groups in total. The number of aliphatic hydroxyl groups is 1. The molecular weight excluding hydrogens is 235 g/mol. The number of carbonyl (C=O) groups excluding carboxylic acids is 1. The summed E-state index contributed by atoms with van der Waals surface area (Å²) in [7, 11) is 0. The van der Waals surface area contributed by atoms with Crippen LogP contribution in [0.2, 0.25) is 0 Å². The summed E-state index contributed by atoms with van der Waals surface area (Å²) in [6.45, 7) is 0.384. The number of halogens is 1. The maximum Gasteiger partial charge on any atom is 0.223 e. The Kier molecular flexibility index (Phi) is 4.25. The van der Waals surface area contributed by atoms with Crippen LogP contribution in [0.25, 0.3) is 0 Å². The van der Waals surface area contributed by atoms with Gasteiger partial charge < -0.3 is 10.0 Å². The summed E-state index contributed by atoms with van der Waals surface area (Å²) in [5.41, 5.74) is 0.725. The number of aryl methyl sites for hydroxylation is 1. The van der Waals surface area contributed by atoms with E-state index in [1.165, 1.54) is 6.07 Å². The van der Waals surface area contributed by atoms with E-state index in [0.717, 1.165) is 24.6 Å². The highest BCUT2D eigenvalue weighted by Gasteiger charge is 2.31. The van der Waals surface area contributed by atoms with E-state index in [-0.39, 0.29) is 18.3 Å². The van der Waals surface area contributed by atoms with Crippen LogP contribution in [0.4, 0.5) is 4.39 Å². The molecule has 18 heavy (non-hydrogen) atoms. The van der Waals surface area contributed by atoms with Crippen molar-refractivity contribution < 1.29 is 14.3 Å². The third-order valence-corrected chi connectivity index (χ3v) is 3.04. The van der Waals surface area contributed by atoms with Crippen LogP contribution in [0.5, 0.6) is 0 Å². The SMILES string of the molecule is O=C(CCc1cncc(F)c1)N(CCO)C1CC1. The molecule has 98 valence electrons. The van der Waals surface area contributed by atoms with E-state index in [2.05, 4.69) is 4.98 Å². The third kappa shape index (κ3) is 3.50. The van der Waals surface area contributed by atoms with Crippen molar-refractivity contribution in [2.75, 3.05) is 13.2 Å². The molecule has 0 radical (unpaired) electrons. The summed E-state index contributed by atoms with van der Waals surface area (Å²) in [5.74, 6) is -0.356. The Bertz CT molecular complexity index is 421. The van der Waals surface area contributed by atoms with E-state index < -0.39 is 0 Å². The lowest BCUT2D eigenvalue weighted by atomic mass is 10.1. The molecule has 2 rings (SSSR count). The number of pyridine rings is 1. The second-order valence-corrected chi connectivity index (χ2v) is 4.55. The maximum absolute atomic E-state index is 12.9. The van der Waals surface area contributed by atoms with Gasteiger partial charge in [0.15, 0.2) is 0 Å². The minimum atomic E-state index is -0.380. The monoisotopic (exact) mass is 252 g/mol. The van der Waals surface area contributed by atoms with Gasteiger partial charge >= 0.3 is 0 Å². The highest BCUT2D eigenvalue weighted by atomic mass is 19.1. The predicted octanol–water partition coefficient (Wildman–Crippen LogP) is 1.14. The maximum atomic E-state index is 12.9. The molecule has 0 aliphatic heterocycles. The molecular formula is C13H17FN2O2. The first-order chi connectivity index (χ1) is 8.70. The highest BCUT2D eigenvalue weighted by Crippen LogP contribution is 2.27. The fraction of sp³-hybridized carbons (Fsp3) is 0.538. The molecule has 1 aliphatic rings. The Morgan fingerprint density at radius 3 is 2.89 bits per heavy atom. The van der Waals surface area contributed by atoms with Crippen molar-refractivity contribution in [2.45, 2.75) is 31.7 Å². The third-order valence-electron chi connectivity index (χ3n) is 3.04. The molecule has 1 aromatic heterocycles. The second-order valence-electron chi connectivity index (χ2n) is 4.55. The van der Waals surface area contributed by atoms with Crippen LogP contribution in [0, 0.1) is 5.82 Å². The van der Waals surface area contributed by atoms with Crippen molar-refractivity contribution in [1.29, 1.82) is 0 Å². The largest absolute Gasteiger partial charge is 0.395 e. The molecule has 1 amide bonds. The van der Waals surface area contributed by atoms with Crippen LogP contribution in [0.1, 0.15) is 24.8 Å².